The molecular weight excluding hydrogens is 380 g/mol. The molecule has 0 fully saturated rings. The molecule has 0 saturated carbocycles. The minimum atomic E-state index is 0.758. The third kappa shape index (κ3) is 3.52. The molecular formula is C24H21ClN4. The number of rotatable bonds is 6. The van der Waals surface area contributed by atoms with E-state index in [1.54, 1.807) is 0 Å². The Labute approximate surface area is 175 Å². The van der Waals surface area contributed by atoms with E-state index in [4.69, 9.17) is 16.6 Å². The largest absolute Gasteiger partial charge is 0.337 e. The number of anilines is 1. The van der Waals surface area contributed by atoms with Crippen LogP contribution < -0.4 is 4.90 Å². The van der Waals surface area contributed by atoms with E-state index in [0.717, 1.165) is 36.9 Å². The Bertz CT molecular complexity index is 1160. The highest BCUT2D eigenvalue weighted by molar-refractivity contribution is 6.30. The SMILES string of the molecule is Clc1ccc(CN2C(=NCCCn3ccnc3)c3cccc4cccc2c34)cc1. The van der Waals surface area contributed by atoms with Gasteiger partial charge in [-0.2, -0.15) is 0 Å². The maximum atomic E-state index is 6.08. The number of aryl methyl sites for hydroxylation is 1. The molecule has 0 unspecified atom stereocenters. The van der Waals surface area contributed by atoms with Gasteiger partial charge in [0.2, 0.25) is 0 Å². The number of halogens is 1. The van der Waals surface area contributed by atoms with Crippen molar-refractivity contribution in [2.45, 2.75) is 19.5 Å². The van der Waals surface area contributed by atoms with Crippen molar-refractivity contribution in [2.24, 2.45) is 4.99 Å². The Kier molecular flexibility index (Phi) is 4.78. The zero-order valence-corrected chi connectivity index (χ0v) is 16.8. The molecule has 0 atom stereocenters. The number of imidazole rings is 1. The fraction of sp³-hybridized carbons (Fsp3) is 0.167. The van der Waals surface area contributed by atoms with Crippen LogP contribution in [-0.4, -0.2) is 21.9 Å². The molecule has 2 heterocycles. The average Bonchev–Trinajstić information content (AvgIpc) is 3.36. The first-order valence-corrected chi connectivity index (χ1v) is 10.2. The first-order valence-electron chi connectivity index (χ1n) is 9.84. The lowest BCUT2D eigenvalue weighted by Crippen LogP contribution is -2.27. The Hall–Kier alpha value is -3.11. The van der Waals surface area contributed by atoms with E-state index >= 15 is 0 Å². The van der Waals surface area contributed by atoms with Gasteiger partial charge in [-0.25, -0.2) is 4.98 Å². The minimum Gasteiger partial charge on any atom is -0.337 e. The maximum Gasteiger partial charge on any atom is 0.136 e. The van der Waals surface area contributed by atoms with E-state index in [2.05, 4.69) is 63.0 Å². The van der Waals surface area contributed by atoms with E-state index in [-0.39, 0.29) is 0 Å². The lowest BCUT2D eigenvalue weighted by Gasteiger charge is -2.21. The molecule has 144 valence electrons. The summed E-state index contributed by atoms with van der Waals surface area (Å²) in [5.74, 6) is 1.05. The number of nitrogens with zero attached hydrogens (tertiary/aromatic N) is 4. The highest BCUT2D eigenvalue weighted by atomic mass is 35.5. The van der Waals surface area contributed by atoms with Gasteiger partial charge in [-0.05, 0) is 35.6 Å². The summed E-state index contributed by atoms with van der Waals surface area (Å²) < 4.78 is 2.09. The van der Waals surface area contributed by atoms with Gasteiger partial charge in [0.1, 0.15) is 5.84 Å². The lowest BCUT2D eigenvalue weighted by molar-refractivity contribution is 0.650. The lowest BCUT2D eigenvalue weighted by atomic mass is 10.1. The third-order valence-electron chi connectivity index (χ3n) is 5.32. The molecule has 1 aliphatic heterocycles. The summed E-state index contributed by atoms with van der Waals surface area (Å²) in [6.07, 6.45) is 6.63. The number of aliphatic imine (C=N–C) groups is 1. The molecule has 0 N–H and O–H groups in total. The monoisotopic (exact) mass is 400 g/mol. The van der Waals surface area contributed by atoms with Crippen LogP contribution in [0.3, 0.4) is 0 Å². The quantitative estimate of drug-likeness (QED) is 0.398. The smallest absolute Gasteiger partial charge is 0.136 e. The average molecular weight is 401 g/mol. The molecule has 0 bridgehead atoms. The molecule has 0 aliphatic carbocycles. The molecule has 5 rings (SSSR count). The molecule has 1 aromatic heterocycles. The van der Waals surface area contributed by atoms with E-state index in [1.807, 2.05) is 30.9 Å². The van der Waals surface area contributed by atoms with Crippen molar-refractivity contribution in [3.8, 4) is 0 Å². The van der Waals surface area contributed by atoms with Gasteiger partial charge in [0.25, 0.3) is 0 Å². The summed E-state index contributed by atoms with van der Waals surface area (Å²) in [5.41, 5.74) is 3.65. The van der Waals surface area contributed by atoms with Gasteiger partial charge in [-0.1, -0.05) is 54.1 Å². The third-order valence-corrected chi connectivity index (χ3v) is 5.57. The Morgan fingerprint density at radius 2 is 1.79 bits per heavy atom. The molecule has 0 saturated heterocycles. The predicted octanol–water partition coefficient (Wildman–Crippen LogP) is 5.55. The van der Waals surface area contributed by atoms with Gasteiger partial charge >= 0.3 is 0 Å². The number of aromatic nitrogens is 2. The normalized spacial score (nSPS) is 14.2. The first kappa shape index (κ1) is 18.0. The summed E-state index contributed by atoms with van der Waals surface area (Å²) in [6, 6.07) is 21.0. The Morgan fingerprint density at radius 1 is 0.966 bits per heavy atom. The van der Waals surface area contributed by atoms with Crippen LogP contribution >= 0.6 is 11.6 Å². The summed E-state index contributed by atoms with van der Waals surface area (Å²) in [6.45, 7) is 2.46. The van der Waals surface area contributed by atoms with Crippen LogP contribution in [0.25, 0.3) is 10.8 Å². The number of benzene rings is 3. The zero-order chi connectivity index (χ0) is 19.6. The summed E-state index contributed by atoms with van der Waals surface area (Å²) in [5, 5.41) is 3.30. The second kappa shape index (κ2) is 7.72. The molecule has 4 aromatic rings. The van der Waals surface area contributed by atoms with Gasteiger partial charge in [-0.3, -0.25) is 4.99 Å². The van der Waals surface area contributed by atoms with Crippen LogP contribution in [0.4, 0.5) is 5.69 Å². The van der Waals surface area contributed by atoms with Crippen molar-refractivity contribution in [1.82, 2.24) is 9.55 Å². The van der Waals surface area contributed by atoms with E-state index in [1.165, 1.54) is 27.6 Å². The predicted molar refractivity (Wildman–Crippen MR) is 120 cm³/mol. The van der Waals surface area contributed by atoms with Gasteiger partial charge in [0.05, 0.1) is 12.0 Å². The molecule has 0 spiro atoms. The first-order chi connectivity index (χ1) is 14.3. The van der Waals surface area contributed by atoms with Gasteiger partial charge in [0, 0.05) is 48.0 Å². The molecule has 0 radical (unpaired) electrons. The number of amidine groups is 1. The van der Waals surface area contributed by atoms with Crippen LogP contribution in [0, 0.1) is 0 Å². The van der Waals surface area contributed by atoms with Crippen LogP contribution in [-0.2, 0) is 13.1 Å². The van der Waals surface area contributed by atoms with Crippen LogP contribution in [0.2, 0.25) is 5.02 Å². The van der Waals surface area contributed by atoms with Crippen LogP contribution in [0.15, 0.2) is 84.4 Å². The van der Waals surface area contributed by atoms with Crippen molar-refractivity contribution in [3.63, 3.8) is 0 Å². The topological polar surface area (TPSA) is 33.4 Å². The molecule has 29 heavy (non-hydrogen) atoms. The van der Waals surface area contributed by atoms with Crippen molar-refractivity contribution < 1.29 is 0 Å². The second-order valence-electron chi connectivity index (χ2n) is 7.25. The minimum absolute atomic E-state index is 0.758. The standard InChI is InChI=1S/C24H21ClN4/c25-20-10-8-18(9-11-20)16-29-22-7-2-5-19-4-1-6-21(23(19)22)24(29)27-12-3-14-28-15-13-26-17-28/h1-2,4-11,13,15,17H,3,12,14,16H2. The Morgan fingerprint density at radius 3 is 2.59 bits per heavy atom. The fourth-order valence-corrected chi connectivity index (χ4v) is 4.08. The fourth-order valence-electron chi connectivity index (χ4n) is 3.95. The highest BCUT2D eigenvalue weighted by Crippen LogP contribution is 2.38. The van der Waals surface area contributed by atoms with Crippen molar-refractivity contribution in [2.75, 3.05) is 11.4 Å². The number of hydrogen-bond acceptors (Lipinski definition) is 2. The van der Waals surface area contributed by atoms with E-state index in [9.17, 15) is 0 Å². The second-order valence-corrected chi connectivity index (χ2v) is 7.69. The summed E-state index contributed by atoms with van der Waals surface area (Å²) in [7, 11) is 0. The summed E-state index contributed by atoms with van der Waals surface area (Å²) >= 11 is 6.08. The van der Waals surface area contributed by atoms with Gasteiger partial charge in [0.15, 0.2) is 0 Å². The number of hydrogen-bond donors (Lipinski definition) is 0. The maximum absolute atomic E-state index is 6.08. The van der Waals surface area contributed by atoms with E-state index in [0.29, 0.717) is 0 Å². The van der Waals surface area contributed by atoms with Crippen molar-refractivity contribution in [3.05, 3.63) is 95.5 Å². The zero-order valence-electron chi connectivity index (χ0n) is 16.0. The summed E-state index contributed by atoms with van der Waals surface area (Å²) in [4.78, 5) is 11.5. The van der Waals surface area contributed by atoms with Crippen LogP contribution in [0.1, 0.15) is 17.5 Å². The van der Waals surface area contributed by atoms with Crippen molar-refractivity contribution >= 4 is 33.9 Å². The molecule has 4 nitrogen and oxygen atoms in total. The molecule has 5 heteroatoms. The molecule has 0 amide bonds. The van der Waals surface area contributed by atoms with Gasteiger partial charge < -0.3 is 9.47 Å². The van der Waals surface area contributed by atoms with Crippen LogP contribution in [0.5, 0.6) is 0 Å². The molecule has 1 aliphatic rings. The highest BCUT2D eigenvalue weighted by Gasteiger charge is 2.27. The molecule has 3 aromatic carbocycles. The Balaban J connectivity index is 1.47. The van der Waals surface area contributed by atoms with Gasteiger partial charge in [-0.15, -0.1) is 0 Å². The van der Waals surface area contributed by atoms with E-state index < -0.39 is 0 Å². The van der Waals surface area contributed by atoms with Crippen molar-refractivity contribution in [1.29, 1.82) is 0 Å².